The maximum absolute atomic E-state index is 12.6. The maximum atomic E-state index is 12.6. The molecule has 1 unspecified atom stereocenters. The van der Waals surface area contributed by atoms with Crippen molar-refractivity contribution in [3.8, 4) is 0 Å². The molecule has 1 fully saturated rings. The highest BCUT2D eigenvalue weighted by atomic mass is 35.5. The van der Waals surface area contributed by atoms with Crippen LogP contribution in [0.5, 0.6) is 0 Å². The topological polar surface area (TPSA) is 45.2 Å². The van der Waals surface area contributed by atoms with Crippen molar-refractivity contribution in [2.24, 2.45) is 0 Å². The summed E-state index contributed by atoms with van der Waals surface area (Å²) in [6.45, 7) is 6.52. The molecule has 0 aromatic carbocycles. The van der Waals surface area contributed by atoms with Crippen LogP contribution >= 0.6 is 23.4 Å². The normalized spacial score (nSPS) is 18.9. The first-order chi connectivity index (χ1) is 9.63. The third kappa shape index (κ3) is 3.79. The Morgan fingerprint density at radius 3 is 3.05 bits per heavy atom. The second-order valence-electron chi connectivity index (χ2n) is 4.75. The zero-order valence-corrected chi connectivity index (χ0v) is 13.4. The van der Waals surface area contributed by atoms with Crippen molar-refractivity contribution in [2.75, 3.05) is 30.7 Å². The molecule has 0 spiro atoms. The average Bonchev–Trinajstić information content (AvgIpc) is 2.46. The molecule has 1 aromatic heterocycles. The van der Waals surface area contributed by atoms with E-state index in [0.717, 1.165) is 31.8 Å². The Hall–Kier alpha value is -0.940. The number of anilines is 1. The number of nitrogens with zero attached hydrogens (tertiary/aromatic N) is 2. The summed E-state index contributed by atoms with van der Waals surface area (Å²) in [5.41, 5.74) is 0.614. The molecule has 1 amide bonds. The van der Waals surface area contributed by atoms with Crippen LogP contribution in [0.3, 0.4) is 0 Å². The fourth-order valence-electron chi connectivity index (χ4n) is 2.23. The fourth-order valence-corrected chi connectivity index (χ4v) is 3.61. The number of pyridine rings is 1. The third-order valence-electron chi connectivity index (χ3n) is 3.28. The Labute approximate surface area is 129 Å². The second-order valence-corrected chi connectivity index (χ2v) is 6.54. The van der Waals surface area contributed by atoms with Crippen LogP contribution < -0.4 is 5.32 Å². The monoisotopic (exact) mass is 313 g/mol. The van der Waals surface area contributed by atoms with E-state index in [2.05, 4.69) is 17.2 Å². The number of nitrogens with one attached hydrogen (secondary N) is 1. The van der Waals surface area contributed by atoms with Crippen LogP contribution in [-0.2, 0) is 0 Å². The summed E-state index contributed by atoms with van der Waals surface area (Å²) in [6, 6.07) is 3.42. The van der Waals surface area contributed by atoms with E-state index < -0.39 is 0 Å². The Bertz CT molecular complexity index is 483. The molecule has 1 aliphatic heterocycles. The van der Waals surface area contributed by atoms with E-state index in [1.165, 1.54) is 0 Å². The quantitative estimate of drug-likeness (QED) is 0.867. The van der Waals surface area contributed by atoms with Gasteiger partial charge in [-0.15, -0.1) is 0 Å². The molecule has 0 radical (unpaired) electrons. The van der Waals surface area contributed by atoms with Gasteiger partial charge in [0.25, 0.3) is 5.91 Å². The number of hydrogen-bond donors (Lipinski definition) is 1. The van der Waals surface area contributed by atoms with Gasteiger partial charge in [-0.2, -0.15) is 11.8 Å². The molecule has 1 saturated heterocycles. The van der Waals surface area contributed by atoms with Gasteiger partial charge in [-0.1, -0.05) is 18.5 Å². The number of amides is 1. The second kappa shape index (κ2) is 7.18. The minimum absolute atomic E-state index is 0.0483. The minimum atomic E-state index is 0.0483. The van der Waals surface area contributed by atoms with Crippen LogP contribution in [0.4, 0.5) is 5.82 Å². The van der Waals surface area contributed by atoms with Crippen molar-refractivity contribution in [1.29, 1.82) is 0 Å². The van der Waals surface area contributed by atoms with Gasteiger partial charge in [-0.05, 0) is 25.5 Å². The van der Waals surface area contributed by atoms with Crippen molar-refractivity contribution in [2.45, 2.75) is 25.5 Å². The van der Waals surface area contributed by atoms with Gasteiger partial charge in [0.1, 0.15) is 11.0 Å². The maximum Gasteiger partial charge on any atom is 0.254 e. The number of aromatic nitrogens is 1. The molecular weight excluding hydrogens is 294 g/mol. The van der Waals surface area contributed by atoms with Gasteiger partial charge >= 0.3 is 0 Å². The molecule has 2 heterocycles. The van der Waals surface area contributed by atoms with Gasteiger partial charge in [0.2, 0.25) is 0 Å². The van der Waals surface area contributed by atoms with E-state index in [4.69, 9.17) is 11.6 Å². The largest absolute Gasteiger partial charge is 0.370 e. The van der Waals surface area contributed by atoms with E-state index in [9.17, 15) is 4.79 Å². The Morgan fingerprint density at radius 2 is 2.35 bits per heavy atom. The Balaban J connectivity index is 2.15. The smallest absolute Gasteiger partial charge is 0.254 e. The van der Waals surface area contributed by atoms with Crippen molar-refractivity contribution in [3.63, 3.8) is 0 Å². The van der Waals surface area contributed by atoms with Gasteiger partial charge in [-0.3, -0.25) is 4.79 Å². The van der Waals surface area contributed by atoms with E-state index in [-0.39, 0.29) is 5.91 Å². The summed E-state index contributed by atoms with van der Waals surface area (Å²) < 4.78 is 0. The lowest BCUT2D eigenvalue weighted by atomic mass is 10.2. The number of thioether (sulfide) groups is 1. The summed E-state index contributed by atoms with van der Waals surface area (Å²) in [5.74, 6) is 1.71. The molecule has 0 saturated carbocycles. The zero-order chi connectivity index (χ0) is 14.5. The van der Waals surface area contributed by atoms with E-state index in [1.807, 2.05) is 23.6 Å². The number of halogens is 1. The molecule has 1 N–H and O–H groups in total. The van der Waals surface area contributed by atoms with Gasteiger partial charge in [-0.25, -0.2) is 4.98 Å². The van der Waals surface area contributed by atoms with Gasteiger partial charge in [0.15, 0.2) is 0 Å². The highest BCUT2D eigenvalue weighted by molar-refractivity contribution is 8.00. The van der Waals surface area contributed by atoms with E-state index >= 15 is 0 Å². The molecular formula is C14H20ClN3OS. The Kier molecular flexibility index (Phi) is 5.54. The minimum Gasteiger partial charge on any atom is -0.370 e. The first-order valence-corrected chi connectivity index (χ1v) is 8.39. The van der Waals surface area contributed by atoms with Crippen molar-refractivity contribution >= 4 is 35.1 Å². The summed E-state index contributed by atoms with van der Waals surface area (Å²) in [6.07, 6.45) is 1.09. The highest BCUT2D eigenvalue weighted by Gasteiger charge is 2.24. The standard InChI is InChI=1S/C14H20ClN3OS/c1-3-11-9-18(5-6-20-11)14(19)10-7-12(15)17-13(8-10)16-4-2/h7-8,11H,3-6,9H2,1-2H3,(H,16,17). The van der Waals surface area contributed by atoms with Crippen LogP contribution in [-0.4, -0.2) is 46.4 Å². The average molecular weight is 314 g/mol. The number of hydrogen-bond acceptors (Lipinski definition) is 4. The van der Waals surface area contributed by atoms with Crippen LogP contribution in [0.15, 0.2) is 12.1 Å². The highest BCUT2D eigenvalue weighted by Crippen LogP contribution is 2.23. The number of rotatable bonds is 4. The molecule has 0 aliphatic carbocycles. The molecule has 1 aromatic rings. The van der Waals surface area contributed by atoms with Gasteiger partial charge < -0.3 is 10.2 Å². The first kappa shape index (κ1) is 15.4. The van der Waals surface area contributed by atoms with Crippen molar-refractivity contribution < 1.29 is 4.79 Å². The summed E-state index contributed by atoms with van der Waals surface area (Å²) in [7, 11) is 0. The molecule has 20 heavy (non-hydrogen) atoms. The van der Waals surface area contributed by atoms with Crippen LogP contribution in [0.25, 0.3) is 0 Å². The fraction of sp³-hybridized carbons (Fsp3) is 0.571. The SMILES string of the molecule is CCNc1cc(C(=O)N2CCSC(CC)C2)cc(Cl)n1. The van der Waals surface area contributed by atoms with Crippen LogP contribution in [0, 0.1) is 0 Å². The van der Waals surface area contributed by atoms with E-state index in [1.54, 1.807) is 12.1 Å². The molecule has 110 valence electrons. The lowest BCUT2D eigenvalue weighted by Gasteiger charge is -2.32. The van der Waals surface area contributed by atoms with Gasteiger partial charge in [0.05, 0.1) is 0 Å². The molecule has 2 rings (SSSR count). The predicted octanol–water partition coefficient (Wildman–Crippen LogP) is 3.13. The number of carbonyl (C=O) groups is 1. The van der Waals surface area contributed by atoms with Crippen LogP contribution in [0.2, 0.25) is 5.15 Å². The summed E-state index contributed by atoms with van der Waals surface area (Å²) in [5, 5.41) is 3.99. The summed E-state index contributed by atoms with van der Waals surface area (Å²) >= 11 is 7.95. The third-order valence-corrected chi connectivity index (χ3v) is 4.85. The molecule has 1 aliphatic rings. The molecule has 1 atom stereocenters. The predicted molar refractivity (Wildman–Crippen MR) is 85.9 cm³/mol. The van der Waals surface area contributed by atoms with Gasteiger partial charge in [0, 0.05) is 36.2 Å². The first-order valence-electron chi connectivity index (χ1n) is 6.96. The van der Waals surface area contributed by atoms with Crippen molar-refractivity contribution in [1.82, 2.24) is 9.88 Å². The number of carbonyl (C=O) groups excluding carboxylic acids is 1. The summed E-state index contributed by atoms with van der Waals surface area (Å²) in [4.78, 5) is 18.7. The Morgan fingerprint density at radius 1 is 1.55 bits per heavy atom. The zero-order valence-electron chi connectivity index (χ0n) is 11.9. The molecule has 4 nitrogen and oxygen atoms in total. The van der Waals surface area contributed by atoms with Crippen molar-refractivity contribution in [3.05, 3.63) is 22.8 Å². The lowest BCUT2D eigenvalue weighted by molar-refractivity contribution is 0.0761. The van der Waals surface area contributed by atoms with Crippen LogP contribution in [0.1, 0.15) is 30.6 Å². The molecule has 0 bridgehead atoms. The molecule has 6 heteroatoms. The lowest BCUT2D eigenvalue weighted by Crippen LogP contribution is -2.41. The van der Waals surface area contributed by atoms with E-state index in [0.29, 0.717) is 21.8 Å².